The number of aryl methyl sites for hydroxylation is 1. The van der Waals surface area contributed by atoms with Gasteiger partial charge in [0.15, 0.2) is 0 Å². The van der Waals surface area contributed by atoms with Crippen molar-refractivity contribution in [1.82, 2.24) is 10.2 Å². The van der Waals surface area contributed by atoms with Crippen LogP contribution in [0.25, 0.3) is 0 Å². The van der Waals surface area contributed by atoms with Gasteiger partial charge >= 0.3 is 0 Å². The minimum absolute atomic E-state index is 0.0337. The van der Waals surface area contributed by atoms with Gasteiger partial charge in [0.25, 0.3) is 11.6 Å². The maximum Gasteiger partial charge on any atom is 0.270 e. The Morgan fingerprint density at radius 3 is 2.67 bits per heavy atom. The number of nitrogens with one attached hydrogen (secondary N) is 1. The molecule has 6 nitrogen and oxygen atoms in total. The van der Waals surface area contributed by atoms with E-state index in [9.17, 15) is 14.9 Å². The van der Waals surface area contributed by atoms with Gasteiger partial charge in [-0.2, -0.15) is 0 Å². The summed E-state index contributed by atoms with van der Waals surface area (Å²) < 4.78 is 0. The van der Waals surface area contributed by atoms with Crippen LogP contribution in [-0.4, -0.2) is 42.4 Å². The summed E-state index contributed by atoms with van der Waals surface area (Å²) in [5.74, 6) is 0.348. The molecule has 0 atom stereocenters. The van der Waals surface area contributed by atoms with Gasteiger partial charge in [-0.3, -0.25) is 14.9 Å². The molecule has 114 valence electrons. The second-order valence-corrected chi connectivity index (χ2v) is 5.69. The number of benzene rings is 1. The van der Waals surface area contributed by atoms with E-state index in [1.807, 2.05) is 0 Å². The van der Waals surface area contributed by atoms with Gasteiger partial charge in [0, 0.05) is 31.3 Å². The molecule has 0 bridgehead atoms. The molecule has 1 saturated heterocycles. The van der Waals surface area contributed by atoms with E-state index in [1.54, 1.807) is 24.9 Å². The standard InChI is InChI=1S/C15H21N3O3/c1-11-7-13(9-14(8-11)18(20)21)15(19)17(2)10-12-3-5-16-6-4-12/h7-9,12,16H,3-6,10H2,1-2H3. The predicted molar refractivity (Wildman–Crippen MR) is 80.4 cm³/mol. The SMILES string of the molecule is Cc1cc(C(=O)N(C)CC2CCNCC2)cc([N+](=O)[O-])c1. The summed E-state index contributed by atoms with van der Waals surface area (Å²) >= 11 is 0. The lowest BCUT2D eigenvalue weighted by Gasteiger charge is -2.27. The number of hydrogen-bond acceptors (Lipinski definition) is 4. The van der Waals surface area contributed by atoms with Crippen molar-refractivity contribution >= 4 is 11.6 Å². The number of piperidine rings is 1. The summed E-state index contributed by atoms with van der Waals surface area (Å²) in [6.45, 7) is 4.43. The Morgan fingerprint density at radius 1 is 1.38 bits per heavy atom. The molecule has 1 amide bonds. The molecule has 6 heteroatoms. The van der Waals surface area contributed by atoms with Gasteiger partial charge in [0.2, 0.25) is 0 Å². The topological polar surface area (TPSA) is 75.5 Å². The van der Waals surface area contributed by atoms with Crippen LogP contribution in [0, 0.1) is 23.0 Å². The van der Waals surface area contributed by atoms with E-state index in [2.05, 4.69) is 5.32 Å². The Morgan fingerprint density at radius 2 is 2.05 bits per heavy atom. The van der Waals surface area contributed by atoms with E-state index in [-0.39, 0.29) is 11.6 Å². The van der Waals surface area contributed by atoms with E-state index < -0.39 is 4.92 Å². The van der Waals surface area contributed by atoms with E-state index in [4.69, 9.17) is 0 Å². The van der Waals surface area contributed by atoms with Crippen LogP contribution in [-0.2, 0) is 0 Å². The van der Waals surface area contributed by atoms with Gasteiger partial charge in [-0.15, -0.1) is 0 Å². The van der Waals surface area contributed by atoms with Gasteiger partial charge in [-0.1, -0.05) is 0 Å². The van der Waals surface area contributed by atoms with Gasteiger partial charge in [0.05, 0.1) is 4.92 Å². The monoisotopic (exact) mass is 291 g/mol. The van der Waals surface area contributed by atoms with Crippen LogP contribution < -0.4 is 5.32 Å². The number of rotatable bonds is 4. The lowest BCUT2D eigenvalue weighted by atomic mass is 9.97. The maximum absolute atomic E-state index is 12.4. The highest BCUT2D eigenvalue weighted by molar-refractivity contribution is 5.94. The van der Waals surface area contributed by atoms with Crippen molar-refractivity contribution in [2.45, 2.75) is 19.8 Å². The van der Waals surface area contributed by atoms with Gasteiger partial charge in [-0.05, 0) is 50.4 Å². The average Bonchev–Trinajstić information content (AvgIpc) is 2.46. The van der Waals surface area contributed by atoms with Crippen molar-refractivity contribution in [2.75, 3.05) is 26.7 Å². The molecule has 1 N–H and O–H groups in total. The first-order chi connectivity index (χ1) is 9.97. The average molecular weight is 291 g/mol. The number of carbonyl (C=O) groups excluding carboxylic acids is 1. The number of amides is 1. The highest BCUT2D eigenvalue weighted by atomic mass is 16.6. The molecule has 0 spiro atoms. The van der Waals surface area contributed by atoms with Crippen molar-refractivity contribution in [2.24, 2.45) is 5.92 Å². The molecule has 1 aliphatic heterocycles. The van der Waals surface area contributed by atoms with Crippen molar-refractivity contribution in [3.63, 3.8) is 0 Å². The van der Waals surface area contributed by atoms with Gasteiger partial charge in [-0.25, -0.2) is 0 Å². The summed E-state index contributed by atoms with van der Waals surface area (Å²) in [5, 5.41) is 14.2. The molecule has 2 rings (SSSR count). The van der Waals surface area contributed by atoms with Crippen molar-refractivity contribution in [3.05, 3.63) is 39.4 Å². The molecule has 0 aliphatic carbocycles. The third kappa shape index (κ3) is 4.01. The highest BCUT2D eigenvalue weighted by Crippen LogP contribution is 2.19. The normalized spacial score (nSPS) is 15.7. The zero-order valence-corrected chi connectivity index (χ0v) is 12.5. The fourth-order valence-electron chi connectivity index (χ4n) is 2.75. The molecule has 21 heavy (non-hydrogen) atoms. The quantitative estimate of drug-likeness (QED) is 0.680. The lowest BCUT2D eigenvalue weighted by molar-refractivity contribution is -0.384. The summed E-state index contributed by atoms with van der Waals surface area (Å²) in [6, 6.07) is 4.53. The summed E-state index contributed by atoms with van der Waals surface area (Å²) in [7, 11) is 1.76. The number of hydrogen-bond donors (Lipinski definition) is 1. The molecule has 0 aromatic heterocycles. The van der Waals surface area contributed by atoms with Gasteiger partial charge in [0.1, 0.15) is 0 Å². The van der Waals surface area contributed by atoms with E-state index in [1.165, 1.54) is 12.1 Å². The third-order valence-electron chi connectivity index (χ3n) is 3.86. The second-order valence-electron chi connectivity index (χ2n) is 5.69. The van der Waals surface area contributed by atoms with Gasteiger partial charge < -0.3 is 10.2 Å². The van der Waals surface area contributed by atoms with Crippen LogP contribution in [0.1, 0.15) is 28.8 Å². The Kier molecular flexibility index (Phi) is 4.90. The van der Waals surface area contributed by atoms with Crippen LogP contribution in [0.5, 0.6) is 0 Å². The molecule has 1 aromatic rings. The molecule has 1 aliphatic rings. The third-order valence-corrected chi connectivity index (χ3v) is 3.86. The molecule has 1 heterocycles. The summed E-state index contributed by atoms with van der Waals surface area (Å²) in [6.07, 6.45) is 2.12. The van der Waals surface area contributed by atoms with Crippen LogP contribution >= 0.6 is 0 Å². The largest absolute Gasteiger partial charge is 0.341 e. The molecule has 0 saturated carbocycles. The van der Waals surface area contributed by atoms with Crippen molar-refractivity contribution < 1.29 is 9.72 Å². The summed E-state index contributed by atoms with van der Waals surface area (Å²) in [5.41, 5.74) is 1.08. The Labute approximate surface area is 124 Å². The minimum Gasteiger partial charge on any atom is -0.341 e. The molecular weight excluding hydrogens is 270 g/mol. The smallest absolute Gasteiger partial charge is 0.270 e. The zero-order valence-electron chi connectivity index (χ0n) is 12.5. The molecule has 1 aromatic carbocycles. The Hall–Kier alpha value is -1.95. The van der Waals surface area contributed by atoms with Crippen molar-refractivity contribution in [1.29, 1.82) is 0 Å². The zero-order chi connectivity index (χ0) is 15.4. The first-order valence-electron chi connectivity index (χ1n) is 7.19. The fourth-order valence-corrected chi connectivity index (χ4v) is 2.75. The Balaban J connectivity index is 2.09. The van der Waals surface area contributed by atoms with Crippen LogP contribution in [0.15, 0.2) is 18.2 Å². The lowest BCUT2D eigenvalue weighted by Crippen LogP contribution is -2.37. The number of nitro groups is 1. The molecular formula is C15H21N3O3. The first-order valence-corrected chi connectivity index (χ1v) is 7.19. The minimum atomic E-state index is -0.462. The molecule has 0 radical (unpaired) electrons. The molecule has 0 unspecified atom stereocenters. The number of nitrogens with zero attached hydrogens (tertiary/aromatic N) is 2. The molecule has 1 fully saturated rings. The maximum atomic E-state index is 12.4. The van der Waals surface area contributed by atoms with Crippen LogP contribution in [0.3, 0.4) is 0 Å². The highest BCUT2D eigenvalue weighted by Gasteiger charge is 2.20. The van der Waals surface area contributed by atoms with Crippen molar-refractivity contribution in [3.8, 4) is 0 Å². The summed E-state index contributed by atoms with van der Waals surface area (Å²) in [4.78, 5) is 24.5. The number of non-ortho nitro benzene ring substituents is 1. The van der Waals surface area contributed by atoms with Crippen LogP contribution in [0.4, 0.5) is 5.69 Å². The second kappa shape index (κ2) is 6.67. The van der Waals surface area contributed by atoms with E-state index in [0.29, 0.717) is 18.0 Å². The predicted octanol–water partition coefficient (Wildman–Crippen LogP) is 1.97. The number of nitro benzene ring substituents is 1. The Bertz CT molecular complexity index is 539. The number of carbonyl (C=O) groups is 1. The van der Waals surface area contributed by atoms with E-state index in [0.717, 1.165) is 31.5 Å². The van der Waals surface area contributed by atoms with Crippen LogP contribution in [0.2, 0.25) is 0 Å². The fraction of sp³-hybridized carbons (Fsp3) is 0.533. The van der Waals surface area contributed by atoms with E-state index >= 15 is 0 Å². The first kappa shape index (κ1) is 15.4.